The van der Waals surface area contributed by atoms with Crippen molar-refractivity contribution in [3.63, 3.8) is 0 Å². The van der Waals surface area contributed by atoms with Crippen molar-refractivity contribution in [1.29, 1.82) is 0 Å². The Kier molecular flexibility index (Phi) is 4.09. The number of ether oxygens (including phenoxy) is 1. The van der Waals surface area contributed by atoms with Crippen molar-refractivity contribution in [2.24, 2.45) is 0 Å². The van der Waals surface area contributed by atoms with E-state index in [0.29, 0.717) is 31.0 Å². The highest BCUT2D eigenvalue weighted by molar-refractivity contribution is 5.79. The lowest BCUT2D eigenvalue weighted by atomic mass is 10.1. The fourth-order valence-electron chi connectivity index (χ4n) is 1.85. The van der Waals surface area contributed by atoms with Crippen LogP contribution in [0.3, 0.4) is 0 Å². The number of Topliss-reactive ketones (excluding diaryl/α,β-unsaturated/α-hetero) is 1. The number of piperidine rings is 1. The minimum atomic E-state index is -0.258. The van der Waals surface area contributed by atoms with Crippen molar-refractivity contribution >= 4 is 5.78 Å². The van der Waals surface area contributed by atoms with Gasteiger partial charge < -0.3 is 4.74 Å². The SMILES string of the molecule is O=C1CCN(CCOc2ccc(F)cc2)CC1. The van der Waals surface area contributed by atoms with Crippen LogP contribution in [0.15, 0.2) is 24.3 Å². The highest BCUT2D eigenvalue weighted by atomic mass is 19.1. The zero-order valence-electron chi connectivity index (χ0n) is 9.69. The summed E-state index contributed by atoms with van der Waals surface area (Å²) in [5.74, 6) is 0.770. The second kappa shape index (κ2) is 5.77. The summed E-state index contributed by atoms with van der Waals surface area (Å²) in [6.45, 7) is 3.03. The lowest BCUT2D eigenvalue weighted by Gasteiger charge is -2.25. The molecule has 1 aliphatic heterocycles. The molecule has 0 radical (unpaired) electrons. The number of halogens is 1. The third-order valence-electron chi connectivity index (χ3n) is 2.90. The van der Waals surface area contributed by atoms with Crippen LogP contribution in [-0.2, 0) is 4.79 Å². The van der Waals surface area contributed by atoms with Crippen LogP contribution in [0.25, 0.3) is 0 Å². The number of carbonyl (C=O) groups is 1. The Balaban J connectivity index is 1.69. The summed E-state index contributed by atoms with van der Waals surface area (Å²) in [6, 6.07) is 6.01. The maximum atomic E-state index is 12.6. The summed E-state index contributed by atoms with van der Waals surface area (Å²) < 4.78 is 18.1. The summed E-state index contributed by atoms with van der Waals surface area (Å²) in [7, 11) is 0. The molecule has 0 aliphatic carbocycles. The molecule has 4 heteroatoms. The number of rotatable bonds is 4. The predicted molar refractivity (Wildman–Crippen MR) is 62.6 cm³/mol. The molecule has 1 saturated heterocycles. The molecule has 17 heavy (non-hydrogen) atoms. The lowest BCUT2D eigenvalue weighted by molar-refractivity contribution is -0.121. The molecule has 0 amide bonds. The fraction of sp³-hybridized carbons (Fsp3) is 0.462. The number of nitrogens with zero attached hydrogens (tertiary/aromatic N) is 1. The molecule has 0 saturated carbocycles. The van der Waals surface area contributed by atoms with Crippen LogP contribution in [0.5, 0.6) is 5.75 Å². The van der Waals surface area contributed by atoms with E-state index in [9.17, 15) is 9.18 Å². The van der Waals surface area contributed by atoms with Crippen molar-refractivity contribution < 1.29 is 13.9 Å². The van der Waals surface area contributed by atoms with E-state index in [0.717, 1.165) is 19.6 Å². The standard InChI is InChI=1S/C13H16FNO2/c14-11-1-3-13(4-2-11)17-10-9-15-7-5-12(16)6-8-15/h1-4H,5-10H2. The summed E-state index contributed by atoms with van der Waals surface area (Å²) in [5, 5.41) is 0. The van der Waals surface area contributed by atoms with Gasteiger partial charge in [-0.15, -0.1) is 0 Å². The molecule has 1 aromatic rings. The molecule has 2 rings (SSSR count). The highest BCUT2D eigenvalue weighted by Crippen LogP contribution is 2.11. The van der Waals surface area contributed by atoms with Gasteiger partial charge in [-0.05, 0) is 24.3 Å². The molecule has 1 aromatic carbocycles. The fourth-order valence-corrected chi connectivity index (χ4v) is 1.85. The van der Waals surface area contributed by atoms with E-state index in [2.05, 4.69) is 4.90 Å². The molecule has 0 N–H and O–H groups in total. The van der Waals surface area contributed by atoms with Crippen LogP contribution in [0, 0.1) is 5.82 Å². The van der Waals surface area contributed by atoms with Crippen molar-refractivity contribution in [3.8, 4) is 5.75 Å². The number of hydrogen-bond acceptors (Lipinski definition) is 3. The Morgan fingerprint density at radius 2 is 1.82 bits per heavy atom. The Morgan fingerprint density at radius 1 is 1.18 bits per heavy atom. The number of benzene rings is 1. The van der Waals surface area contributed by atoms with E-state index in [1.54, 1.807) is 12.1 Å². The van der Waals surface area contributed by atoms with Crippen molar-refractivity contribution in [3.05, 3.63) is 30.1 Å². The van der Waals surface area contributed by atoms with E-state index in [4.69, 9.17) is 4.74 Å². The molecule has 1 aliphatic rings. The van der Waals surface area contributed by atoms with Gasteiger partial charge in [0.25, 0.3) is 0 Å². The smallest absolute Gasteiger partial charge is 0.135 e. The van der Waals surface area contributed by atoms with Gasteiger partial charge in [0.2, 0.25) is 0 Å². The minimum absolute atomic E-state index is 0.258. The molecule has 0 aromatic heterocycles. The topological polar surface area (TPSA) is 29.5 Å². The number of likely N-dealkylation sites (tertiary alicyclic amines) is 1. The third kappa shape index (κ3) is 3.82. The Hall–Kier alpha value is -1.42. The van der Waals surface area contributed by atoms with E-state index in [1.165, 1.54) is 12.1 Å². The molecule has 0 atom stereocenters. The summed E-state index contributed by atoms with van der Waals surface area (Å²) in [6.07, 6.45) is 1.30. The average molecular weight is 237 g/mol. The van der Waals surface area contributed by atoms with Crippen molar-refractivity contribution in [2.75, 3.05) is 26.2 Å². The quantitative estimate of drug-likeness (QED) is 0.800. The molecule has 1 heterocycles. The second-order valence-corrected chi connectivity index (χ2v) is 4.18. The third-order valence-corrected chi connectivity index (χ3v) is 2.90. The second-order valence-electron chi connectivity index (χ2n) is 4.18. The minimum Gasteiger partial charge on any atom is -0.492 e. The van der Waals surface area contributed by atoms with Crippen LogP contribution in [0.4, 0.5) is 4.39 Å². The Morgan fingerprint density at radius 3 is 2.47 bits per heavy atom. The molecule has 0 unspecified atom stereocenters. The monoisotopic (exact) mass is 237 g/mol. The van der Waals surface area contributed by atoms with Crippen molar-refractivity contribution in [1.82, 2.24) is 4.90 Å². The summed E-state index contributed by atoms with van der Waals surface area (Å²) >= 11 is 0. The van der Waals surface area contributed by atoms with Gasteiger partial charge in [0.05, 0.1) is 0 Å². The molecule has 1 fully saturated rings. The van der Waals surface area contributed by atoms with Crippen LogP contribution in [0.1, 0.15) is 12.8 Å². The first kappa shape index (κ1) is 12.0. The maximum absolute atomic E-state index is 12.6. The van der Waals surface area contributed by atoms with Gasteiger partial charge in [-0.25, -0.2) is 4.39 Å². The average Bonchev–Trinajstić information content (AvgIpc) is 2.34. The molecule has 3 nitrogen and oxygen atoms in total. The van der Waals surface area contributed by atoms with Crippen LogP contribution in [0.2, 0.25) is 0 Å². The lowest BCUT2D eigenvalue weighted by Crippen LogP contribution is -2.36. The Bertz CT molecular complexity index is 368. The molecular weight excluding hydrogens is 221 g/mol. The first-order valence-corrected chi connectivity index (χ1v) is 5.86. The molecule has 92 valence electrons. The van der Waals surface area contributed by atoms with Crippen LogP contribution in [-0.4, -0.2) is 36.9 Å². The Labute approximate surface area is 100 Å². The van der Waals surface area contributed by atoms with Crippen molar-refractivity contribution in [2.45, 2.75) is 12.8 Å². The first-order chi connectivity index (χ1) is 8.24. The zero-order valence-corrected chi connectivity index (χ0v) is 9.69. The van der Waals surface area contributed by atoms with Gasteiger partial charge in [-0.2, -0.15) is 0 Å². The number of ketones is 1. The van der Waals surface area contributed by atoms with Gasteiger partial charge in [-0.3, -0.25) is 9.69 Å². The normalized spacial score (nSPS) is 17.1. The molecular formula is C13H16FNO2. The summed E-state index contributed by atoms with van der Waals surface area (Å²) in [4.78, 5) is 13.3. The van der Waals surface area contributed by atoms with E-state index in [1.807, 2.05) is 0 Å². The van der Waals surface area contributed by atoms with Crippen LogP contribution < -0.4 is 4.74 Å². The number of hydrogen-bond donors (Lipinski definition) is 0. The zero-order chi connectivity index (χ0) is 12.1. The van der Waals surface area contributed by atoms with Gasteiger partial charge in [0.15, 0.2) is 0 Å². The van der Waals surface area contributed by atoms with E-state index >= 15 is 0 Å². The van der Waals surface area contributed by atoms with Gasteiger partial charge in [-0.1, -0.05) is 0 Å². The molecule has 0 bridgehead atoms. The van der Waals surface area contributed by atoms with Gasteiger partial charge in [0, 0.05) is 32.5 Å². The largest absolute Gasteiger partial charge is 0.492 e. The van der Waals surface area contributed by atoms with Gasteiger partial charge in [0.1, 0.15) is 24.0 Å². The number of carbonyl (C=O) groups excluding carboxylic acids is 1. The maximum Gasteiger partial charge on any atom is 0.135 e. The van der Waals surface area contributed by atoms with E-state index in [-0.39, 0.29) is 5.82 Å². The van der Waals surface area contributed by atoms with Crippen LogP contribution >= 0.6 is 0 Å². The van der Waals surface area contributed by atoms with Gasteiger partial charge >= 0.3 is 0 Å². The van der Waals surface area contributed by atoms with E-state index < -0.39 is 0 Å². The molecule has 0 spiro atoms. The predicted octanol–water partition coefficient (Wildman–Crippen LogP) is 1.87. The summed E-state index contributed by atoms with van der Waals surface area (Å²) in [5.41, 5.74) is 0. The highest BCUT2D eigenvalue weighted by Gasteiger charge is 2.15. The first-order valence-electron chi connectivity index (χ1n) is 5.86.